The van der Waals surface area contributed by atoms with Gasteiger partial charge in [-0.2, -0.15) is 4.98 Å². The Labute approximate surface area is 189 Å². The average molecular weight is 471 g/mol. The van der Waals surface area contributed by atoms with E-state index >= 15 is 0 Å². The highest BCUT2D eigenvalue weighted by atomic mass is 35.5. The molecule has 31 heavy (non-hydrogen) atoms. The summed E-state index contributed by atoms with van der Waals surface area (Å²) >= 11 is 6.26. The third-order valence-electron chi connectivity index (χ3n) is 5.68. The van der Waals surface area contributed by atoms with Gasteiger partial charge in [0.1, 0.15) is 24.0 Å². The molecule has 0 aromatic carbocycles. The number of rotatable bonds is 11. The number of hydrogen-bond acceptors (Lipinski definition) is 7. The number of nitrogens with zero attached hydrogens (tertiary/aromatic N) is 3. The van der Waals surface area contributed by atoms with Crippen molar-refractivity contribution in [3.05, 3.63) is 17.5 Å². The zero-order valence-corrected chi connectivity index (χ0v) is 19.9. The van der Waals surface area contributed by atoms with E-state index in [1.807, 2.05) is 26.1 Å². The fourth-order valence-electron chi connectivity index (χ4n) is 4.29. The van der Waals surface area contributed by atoms with E-state index in [1.54, 1.807) is 0 Å². The van der Waals surface area contributed by atoms with E-state index < -0.39 is 8.38 Å². The third-order valence-corrected chi connectivity index (χ3v) is 7.34. The van der Waals surface area contributed by atoms with Crippen LogP contribution >= 0.6 is 20.0 Å². The predicted molar refractivity (Wildman–Crippen MR) is 123 cm³/mol. The van der Waals surface area contributed by atoms with Gasteiger partial charge in [0.25, 0.3) is 0 Å². The second-order valence-electron chi connectivity index (χ2n) is 7.89. The molecular weight excluding hydrogens is 439 g/mol. The van der Waals surface area contributed by atoms with E-state index in [-0.39, 0.29) is 17.6 Å². The van der Waals surface area contributed by atoms with Crippen molar-refractivity contribution >= 4 is 36.8 Å². The van der Waals surface area contributed by atoms with Gasteiger partial charge in [0.05, 0.1) is 31.3 Å². The van der Waals surface area contributed by atoms with Crippen LogP contribution in [0.4, 0.5) is 5.82 Å². The molecule has 1 saturated heterocycles. The van der Waals surface area contributed by atoms with E-state index in [0.717, 1.165) is 29.7 Å². The Bertz CT molecular complexity index is 842. The summed E-state index contributed by atoms with van der Waals surface area (Å²) in [5.74, 6) is 0.818. The fraction of sp³-hybridized carbons (Fsp3) is 0.714. The Kier molecular flexibility index (Phi) is 8.37. The number of halogens is 1. The molecule has 2 atom stereocenters. The first-order chi connectivity index (χ1) is 15.2. The van der Waals surface area contributed by atoms with Crippen molar-refractivity contribution in [3.63, 3.8) is 0 Å². The molecule has 172 valence electrons. The Morgan fingerprint density at radius 2 is 1.94 bits per heavy atom. The smallest absolute Gasteiger partial charge is 0.226 e. The van der Waals surface area contributed by atoms with Crippen LogP contribution in [0.15, 0.2) is 12.3 Å². The predicted octanol–water partition coefficient (Wildman–Crippen LogP) is 5.48. The summed E-state index contributed by atoms with van der Waals surface area (Å²) in [6.07, 6.45) is 9.13. The number of nitrogens with one attached hydrogen (secondary N) is 1. The summed E-state index contributed by atoms with van der Waals surface area (Å²) in [6.45, 7) is 5.70. The molecule has 1 aliphatic carbocycles. The lowest BCUT2D eigenvalue weighted by Gasteiger charge is -2.19. The summed E-state index contributed by atoms with van der Waals surface area (Å²) in [5, 5.41) is 4.81. The second kappa shape index (κ2) is 11.2. The van der Waals surface area contributed by atoms with Crippen molar-refractivity contribution in [1.29, 1.82) is 0 Å². The minimum absolute atomic E-state index is 0.0379. The van der Waals surface area contributed by atoms with Crippen LogP contribution in [0.5, 0.6) is 0 Å². The lowest BCUT2D eigenvalue weighted by molar-refractivity contribution is -0.0340. The molecule has 2 fully saturated rings. The van der Waals surface area contributed by atoms with Crippen molar-refractivity contribution in [2.45, 2.75) is 70.7 Å². The van der Waals surface area contributed by atoms with Crippen molar-refractivity contribution in [2.75, 3.05) is 31.5 Å². The molecular formula is C21H32ClN4O4P. The molecule has 2 aliphatic rings. The summed E-state index contributed by atoms with van der Waals surface area (Å²) in [6, 6.07) is 2.51. The zero-order chi connectivity index (χ0) is 21.6. The topological polar surface area (TPSA) is 79.7 Å². The SMILES string of the molecule is CCOP(COCC1CCC(n2ccc3c(NC4CCCC4)nc(Cl)nc32)O1)OCC. The van der Waals surface area contributed by atoms with Gasteiger partial charge in [-0.1, -0.05) is 12.8 Å². The summed E-state index contributed by atoms with van der Waals surface area (Å²) < 4.78 is 25.3. The van der Waals surface area contributed by atoms with E-state index in [2.05, 4.69) is 19.9 Å². The van der Waals surface area contributed by atoms with Gasteiger partial charge < -0.3 is 28.4 Å². The molecule has 2 aromatic rings. The maximum atomic E-state index is 6.27. The Hall–Kier alpha value is -1.02. The highest BCUT2D eigenvalue weighted by Gasteiger charge is 2.29. The summed E-state index contributed by atoms with van der Waals surface area (Å²) in [7, 11) is -0.987. The van der Waals surface area contributed by atoms with Gasteiger partial charge >= 0.3 is 0 Å². The number of fused-ring (bicyclic) bond motifs is 1. The molecule has 0 amide bonds. The second-order valence-corrected chi connectivity index (χ2v) is 9.66. The van der Waals surface area contributed by atoms with Crippen LogP contribution in [-0.4, -0.2) is 52.8 Å². The number of hydrogen-bond donors (Lipinski definition) is 1. The average Bonchev–Trinajstić information content (AvgIpc) is 3.49. The van der Waals surface area contributed by atoms with Crippen molar-refractivity contribution in [1.82, 2.24) is 14.5 Å². The molecule has 4 rings (SSSR count). The highest BCUT2D eigenvalue weighted by Crippen LogP contribution is 2.39. The van der Waals surface area contributed by atoms with Crippen molar-refractivity contribution < 1.29 is 18.5 Å². The largest absolute Gasteiger partial charge is 0.369 e. The lowest BCUT2D eigenvalue weighted by Crippen LogP contribution is -2.18. The first-order valence-electron chi connectivity index (χ1n) is 11.2. The van der Waals surface area contributed by atoms with Gasteiger partial charge in [-0.05, 0) is 57.2 Å². The van der Waals surface area contributed by atoms with Gasteiger partial charge in [0.2, 0.25) is 5.28 Å². The van der Waals surface area contributed by atoms with E-state index in [0.29, 0.717) is 32.2 Å². The van der Waals surface area contributed by atoms with E-state index in [1.165, 1.54) is 25.7 Å². The Morgan fingerprint density at radius 1 is 1.16 bits per heavy atom. The van der Waals surface area contributed by atoms with Crippen LogP contribution in [0.3, 0.4) is 0 Å². The van der Waals surface area contributed by atoms with Crippen LogP contribution in [0, 0.1) is 0 Å². The zero-order valence-electron chi connectivity index (χ0n) is 18.3. The molecule has 2 unspecified atom stereocenters. The Balaban J connectivity index is 1.37. The molecule has 2 aromatic heterocycles. The van der Waals surface area contributed by atoms with E-state index in [4.69, 9.17) is 30.1 Å². The minimum Gasteiger partial charge on any atom is -0.369 e. The quantitative estimate of drug-likeness (QED) is 0.344. The lowest BCUT2D eigenvalue weighted by atomic mass is 10.2. The van der Waals surface area contributed by atoms with Gasteiger partial charge in [0.15, 0.2) is 8.38 Å². The number of anilines is 1. The molecule has 10 heteroatoms. The normalized spacial score (nSPS) is 22.2. The van der Waals surface area contributed by atoms with Gasteiger partial charge in [-0.3, -0.25) is 0 Å². The maximum Gasteiger partial charge on any atom is 0.226 e. The van der Waals surface area contributed by atoms with Crippen LogP contribution in [0.2, 0.25) is 5.28 Å². The molecule has 1 N–H and O–H groups in total. The fourth-order valence-corrected chi connectivity index (χ4v) is 5.50. The molecule has 0 radical (unpaired) electrons. The molecule has 0 spiro atoms. The van der Waals surface area contributed by atoms with Gasteiger partial charge in [-0.15, -0.1) is 0 Å². The maximum absolute atomic E-state index is 6.27. The number of aromatic nitrogens is 3. The number of ether oxygens (including phenoxy) is 2. The minimum atomic E-state index is -0.987. The van der Waals surface area contributed by atoms with Crippen LogP contribution in [-0.2, 0) is 18.5 Å². The van der Waals surface area contributed by atoms with Crippen molar-refractivity contribution in [3.8, 4) is 0 Å². The van der Waals surface area contributed by atoms with Crippen LogP contribution in [0.1, 0.15) is 58.6 Å². The first-order valence-corrected chi connectivity index (χ1v) is 13.0. The third kappa shape index (κ3) is 5.86. The van der Waals surface area contributed by atoms with Gasteiger partial charge in [0, 0.05) is 12.2 Å². The van der Waals surface area contributed by atoms with Crippen LogP contribution < -0.4 is 5.32 Å². The summed E-state index contributed by atoms with van der Waals surface area (Å²) in [5.41, 5.74) is 0.809. The summed E-state index contributed by atoms with van der Waals surface area (Å²) in [4.78, 5) is 8.96. The molecule has 3 heterocycles. The Morgan fingerprint density at radius 3 is 2.68 bits per heavy atom. The highest BCUT2D eigenvalue weighted by molar-refractivity contribution is 7.47. The molecule has 8 nitrogen and oxygen atoms in total. The molecule has 1 saturated carbocycles. The first kappa shape index (κ1) is 23.1. The van der Waals surface area contributed by atoms with E-state index in [9.17, 15) is 0 Å². The standard InChI is InChI=1S/C21H32ClN4O4P/c1-3-28-31(29-4-2)14-27-13-16-9-10-18(30-16)26-12-11-17-19(23-15-7-5-6-8-15)24-21(22)25-20(17)26/h11-12,15-16,18H,3-10,13-14H2,1-2H3,(H,23,24,25). The van der Waals surface area contributed by atoms with Crippen LogP contribution in [0.25, 0.3) is 11.0 Å². The molecule has 0 bridgehead atoms. The van der Waals surface area contributed by atoms with Gasteiger partial charge in [-0.25, -0.2) is 4.98 Å². The van der Waals surface area contributed by atoms with Crippen molar-refractivity contribution in [2.24, 2.45) is 0 Å². The monoisotopic (exact) mass is 470 g/mol. The molecule has 1 aliphatic heterocycles.